The van der Waals surface area contributed by atoms with E-state index >= 15 is 0 Å². The molecule has 0 spiro atoms. The van der Waals surface area contributed by atoms with E-state index in [9.17, 15) is 4.79 Å². The predicted octanol–water partition coefficient (Wildman–Crippen LogP) is -0.0160. The van der Waals surface area contributed by atoms with E-state index in [4.69, 9.17) is 16.2 Å². The van der Waals surface area contributed by atoms with Crippen LogP contribution in [0.1, 0.15) is 6.92 Å². The van der Waals surface area contributed by atoms with E-state index in [1.165, 1.54) is 0 Å². The van der Waals surface area contributed by atoms with Crippen molar-refractivity contribution in [3.63, 3.8) is 0 Å². The van der Waals surface area contributed by atoms with Crippen molar-refractivity contribution in [2.24, 2.45) is 5.73 Å². The number of ether oxygens (including phenoxy) is 1. The average molecular weight is 224 g/mol. The second-order valence-corrected chi connectivity index (χ2v) is 3.32. The normalized spacial score (nSPS) is 9.88. The maximum absolute atomic E-state index is 10.8. The summed E-state index contributed by atoms with van der Waals surface area (Å²) in [5.74, 6) is 0.548. The van der Waals surface area contributed by atoms with Crippen LogP contribution in [0.3, 0.4) is 0 Å². The zero-order valence-electron chi connectivity index (χ0n) is 9.43. The number of aromatic nitrogens is 1. The lowest BCUT2D eigenvalue weighted by Crippen LogP contribution is -2.31. The Kier molecular flexibility index (Phi) is 3.93. The molecule has 1 rings (SSSR count). The number of carbonyl (C=O) groups is 1. The van der Waals surface area contributed by atoms with Gasteiger partial charge in [-0.15, -0.1) is 0 Å². The van der Waals surface area contributed by atoms with Crippen LogP contribution < -0.4 is 21.1 Å². The molecule has 0 saturated heterocycles. The molecule has 6 nitrogen and oxygen atoms in total. The first-order valence-corrected chi connectivity index (χ1v) is 4.93. The van der Waals surface area contributed by atoms with Crippen molar-refractivity contribution in [1.82, 2.24) is 4.98 Å². The lowest BCUT2D eigenvalue weighted by Gasteiger charge is -2.17. The third-order valence-corrected chi connectivity index (χ3v) is 1.94. The first kappa shape index (κ1) is 12.1. The van der Waals surface area contributed by atoms with Crippen LogP contribution in [-0.2, 0) is 4.79 Å². The highest BCUT2D eigenvalue weighted by Crippen LogP contribution is 2.22. The Morgan fingerprint density at radius 2 is 2.25 bits per heavy atom. The third-order valence-electron chi connectivity index (χ3n) is 1.94. The van der Waals surface area contributed by atoms with Crippen molar-refractivity contribution in [1.29, 1.82) is 0 Å². The van der Waals surface area contributed by atoms with Crippen LogP contribution in [0.15, 0.2) is 12.1 Å². The molecule has 0 fully saturated rings. The monoisotopic (exact) mass is 224 g/mol. The van der Waals surface area contributed by atoms with Gasteiger partial charge in [-0.2, -0.15) is 4.98 Å². The summed E-state index contributed by atoms with van der Waals surface area (Å²) in [6.45, 7) is 2.43. The SMILES string of the molecule is CCOc1nc(N(C)CC(N)=O)ccc1N. The van der Waals surface area contributed by atoms with Gasteiger partial charge in [0.15, 0.2) is 0 Å². The van der Waals surface area contributed by atoms with E-state index < -0.39 is 5.91 Å². The zero-order valence-corrected chi connectivity index (χ0v) is 9.43. The first-order valence-electron chi connectivity index (χ1n) is 4.93. The molecule has 4 N–H and O–H groups in total. The maximum atomic E-state index is 10.8. The molecule has 88 valence electrons. The van der Waals surface area contributed by atoms with Gasteiger partial charge in [0.05, 0.1) is 18.8 Å². The Bertz CT molecular complexity index is 381. The molecule has 6 heteroatoms. The van der Waals surface area contributed by atoms with Gasteiger partial charge in [0.25, 0.3) is 0 Å². The van der Waals surface area contributed by atoms with Crippen molar-refractivity contribution < 1.29 is 9.53 Å². The summed E-state index contributed by atoms with van der Waals surface area (Å²) in [5, 5.41) is 0. The van der Waals surface area contributed by atoms with E-state index in [2.05, 4.69) is 4.98 Å². The number of primary amides is 1. The summed E-state index contributed by atoms with van der Waals surface area (Å²) >= 11 is 0. The van der Waals surface area contributed by atoms with Crippen LogP contribution in [0.5, 0.6) is 5.88 Å². The van der Waals surface area contributed by atoms with Gasteiger partial charge in [0.2, 0.25) is 11.8 Å². The predicted molar refractivity (Wildman–Crippen MR) is 62.3 cm³/mol. The molecule has 1 heterocycles. The number of nitrogens with two attached hydrogens (primary N) is 2. The van der Waals surface area contributed by atoms with Crippen molar-refractivity contribution in [3.05, 3.63) is 12.1 Å². The number of pyridine rings is 1. The summed E-state index contributed by atoms with van der Waals surface area (Å²) in [5.41, 5.74) is 11.2. The van der Waals surface area contributed by atoms with E-state index in [0.717, 1.165) is 0 Å². The molecule has 0 aromatic carbocycles. The van der Waals surface area contributed by atoms with E-state index in [1.807, 2.05) is 6.92 Å². The van der Waals surface area contributed by atoms with Gasteiger partial charge in [-0.25, -0.2) is 0 Å². The highest BCUT2D eigenvalue weighted by atomic mass is 16.5. The van der Waals surface area contributed by atoms with Gasteiger partial charge in [0, 0.05) is 7.05 Å². The average Bonchev–Trinajstić information content (AvgIpc) is 2.20. The molecule has 0 aliphatic heterocycles. The van der Waals surface area contributed by atoms with Crippen LogP contribution in [0.25, 0.3) is 0 Å². The molecule has 0 unspecified atom stereocenters. The molecule has 1 amide bonds. The number of hydrogen-bond acceptors (Lipinski definition) is 5. The van der Waals surface area contributed by atoms with Gasteiger partial charge >= 0.3 is 0 Å². The Morgan fingerprint density at radius 1 is 1.56 bits per heavy atom. The second kappa shape index (κ2) is 5.20. The second-order valence-electron chi connectivity index (χ2n) is 3.32. The summed E-state index contributed by atoms with van der Waals surface area (Å²) in [4.78, 5) is 16.6. The molecule has 1 aromatic rings. The largest absolute Gasteiger partial charge is 0.476 e. The number of rotatable bonds is 5. The Balaban J connectivity index is 2.88. The van der Waals surface area contributed by atoms with Gasteiger partial charge in [0.1, 0.15) is 5.82 Å². The third kappa shape index (κ3) is 3.01. The van der Waals surface area contributed by atoms with Gasteiger partial charge < -0.3 is 21.1 Å². The van der Waals surface area contributed by atoms with Crippen molar-refractivity contribution >= 4 is 17.4 Å². The van der Waals surface area contributed by atoms with Gasteiger partial charge in [-0.3, -0.25) is 4.79 Å². The highest BCUT2D eigenvalue weighted by Gasteiger charge is 2.09. The molecule has 0 saturated carbocycles. The van der Waals surface area contributed by atoms with Gasteiger partial charge in [-0.1, -0.05) is 0 Å². The number of amides is 1. The number of nitrogen functional groups attached to an aromatic ring is 1. The molecule has 0 radical (unpaired) electrons. The van der Waals surface area contributed by atoms with Crippen LogP contribution in [0, 0.1) is 0 Å². The lowest BCUT2D eigenvalue weighted by atomic mass is 10.3. The van der Waals surface area contributed by atoms with Crippen LogP contribution >= 0.6 is 0 Å². The fraction of sp³-hybridized carbons (Fsp3) is 0.400. The number of likely N-dealkylation sites (N-methyl/N-ethyl adjacent to an activating group) is 1. The molecule has 0 atom stereocenters. The highest BCUT2D eigenvalue weighted by molar-refractivity contribution is 5.79. The number of hydrogen-bond donors (Lipinski definition) is 2. The van der Waals surface area contributed by atoms with E-state index in [-0.39, 0.29) is 6.54 Å². The first-order chi connectivity index (χ1) is 7.54. The standard InChI is InChI=1S/C10H16N4O2/c1-3-16-10-7(11)4-5-9(13-10)14(2)6-8(12)15/h4-5H,3,6,11H2,1-2H3,(H2,12,15). The van der Waals surface area contributed by atoms with Crippen molar-refractivity contribution in [2.45, 2.75) is 6.92 Å². The lowest BCUT2D eigenvalue weighted by molar-refractivity contribution is -0.116. The van der Waals surface area contributed by atoms with E-state index in [1.54, 1.807) is 24.1 Å². The Hall–Kier alpha value is -1.98. The minimum atomic E-state index is -0.418. The number of nitrogens with zero attached hydrogens (tertiary/aromatic N) is 2. The van der Waals surface area contributed by atoms with Crippen LogP contribution in [0.4, 0.5) is 11.5 Å². The zero-order chi connectivity index (χ0) is 12.1. The minimum Gasteiger partial charge on any atom is -0.476 e. The molecule has 0 aliphatic rings. The smallest absolute Gasteiger partial charge is 0.239 e. The number of anilines is 2. The van der Waals surface area contributed by atoms with Gasteiger partial charge in [-0.05, 0) is 19.1 Å². The number of carbonyl (C=O) groups excluding carboxylic acids is 1. The maximum Gasteiger partial charge on any atom is 0.239 e. The quantitative estimate of drug-likeness (QED) is 0.733. The minimum absolute atomic E-state index is 0.0997. The molecule has 0 bridgehead atoms. The molecular weight excluding hydrogens is 208 g/mol. The Labute approximate surface area is 94.2 Å². The molecular formula is C10H16N4O2. The summed E-state index contributed by atoms with van der Waals surface area (Å²) < 4.78 is 5.25. The topological polar surface area (TPSA) is 94.5 Å². The molecule has 16 heavy (non-hydrogen) atoms. The summed E-state index contributed by atoms with van der Waals surface area (Å²) in [7, 11) is 1.72. The fourth-order valence-electron chi connectivity index (χ4n) is 1.22. The van der Waals surface area contributed by atoms with E-state index in [0.29, 0.717) is 24.0 Å². The van der Waals surface area contributed by atoms with Crippen molar-refractivity contribution in [2.75, 3.05) is 30.8 Å². The van der Waals surface area contributed by atoms with Crippen LogP contribution in [-0.4, -0.2) is 31.1 Å². The molecule has 1 aromatic heterocycles. The van der Waals surface area contributed by atoms with Crippen molar-refractivity contribution in [3.8, 4) is 5.88 Å². The Morgan fingerprint density at radius 3 is 2.81 bits per heavy atom. The molecule has 0 aliphatic carbocycles. The summed E-state index contributed by atoms with van der Waals surface area (Å²) in [6.07, 6.45) is 0. The fourth-order valence-corrected chi connectivity index (χ4v) is 1.22. The summed E-state index contributed by atoms with van der Waals surface area (Å²) in [6, 6.07) is 3.39. The van der Waals surface area contributed by atoms with Crippen LogP contribution in [0.2, 0.25) is 0 Å².